The highest BCUT2D eigenvalue weighted by molar-refractivity contribution is 5.31. The molecule has 112 valence electrons. The lowest BCUT2D eigenvalue weighted by molar-refractivity contribution is 0.0249. The number of nitrogens with one attached hydrogen (secondary N) is 1. The van der Waals surface area contributed by atoms with Crippen molar-refractivity contribution in [1.29, 1.82) is 0 Å². The maximum Gasteiger partial charge on any atom is 0.0842 e. The molecule has 0 saturated heterocycles. The van der Waals surface area contributed by atoms with E-state index in [2.05, 4.69) is 50.4 Å². The van der Waals surface area contributed by atoms with Gasteiger partial charge in [-0.2, -0.15) is 0 Å². The fourth-order valence-corrected chi connectivity index (χ4v) is 3.03. The van der Waals surface area contributed by atoms with Crippen molar-refractivity contribution in [3.8, 4) is 0 Å². The van der Waals surface area contributed by atoms with E-state index in [1.165, 1.54) is 24.0 Å². The predicted molar refractivity (Wildman–Crippen MR) is 85.0 cm³/mol. The Morgan fingerprint density at radius 2 is 2.10 bits per heavy atom. The number of rotatable bonds is 7. The second kappa shape index (κ2) is 7.80. The van der Waals surface area contributed by atoms with Crippen molar-refractivity contribution in [3.63, 3.8) is 0 Å². The minimum Gasteiger partial charge on any atom is -0.373 e. The minimum absolute atomic E-state index is 0.267. The Morgan fingerprint density at radius 3 is 2.85 bits per heavy atom. The molecular weight excluding hydrogens is 246 g/mol. The van der Waals surface area contributed by atoms with Crippen molar-refractivity contribution in [2.75, 3.05) is 13.2 Å². The fourth-order valence-electron chi connectivity index (χ4n) is 3.03. The molecule has 3 unspecified atom stereocenters. The lowest BCUT2D eigenvalue weighted by atomic mass is 9.88. The zero-order valence-electron chi connectivity index (χ0n) is 13.2. The smallest absolute Gasteiger partial charge is 0.0842 e. The predicted octanol–water partition coefficient (Wildman–Crippen LogP) is 4.10. The van der Waals surface area contributed by atoms with Crippen LogP contribution in [0, 0.1) is 5.92 Å². The van der Waals surface area contributed by atoms with Crippen molar-refractivity contribution in [2.45, 2.75) is 58.6 Å². The van der Waals surface area contributed by atoms with Gasteiger partial charge in [0.25, 0.3) is 0 Å². The summed E-state index contributed by atoms with van der Waals surface area (Å²) in [4.78, 5) is 0. The van der Waals surface area contributed by atoms with E-state index in [0.717, 1.165) is 26.0 Å². The molecule has 0 radical (unpaired) electrons. The average Bonchev–Trinajstić information content (AvgIpc) is 2.50. The molecule has 0 aromatic heterocycles. The Kier molecular flexibility index (Phi) is 6.06. The van der Waals surface area contributed by atoms with Gasteiger partial charge in [-0.3, -0.25) is 0 Å². The van der Waals surface area contributed by atoms with Crippen molar-refractivity contribution >= 4 is 0 Å². The first-order valence-corrected chi connectivity index (χ1v) is 8.19. The highest BCUT2D eigenvalue weighted by Crippen LogP contribution is 2.32. The Labute approximate surface area is 123 Å². The second-order valence-electron chi connectivity index (χ2n) is 5.99. The Bertz CT molecular complexity index is 404. The minimum atomic E-state index is 0.267. The Hall–Kier alpha value is -0.860. The van der Waals surface area contributed by atoms with Crippen LogP contribution < -0.4 is 5.32 Å². The van der Waals surface area contributed by atoms with Crippen LogP contribution >= 0.6 is 0 Å². The van der Waals surface area contributed by atoms with Crippen LogP contribution in [0.5, 0.6) is 0 Å². The van der Waals surface area contributed by atoms with Crippen LogP contribution in [-0.2, 0) is 11.2 Å². The molecule has 0 bridgehead atoms. The normalized spacial score (nSPS) is 21.2. The van der Waals surface area contributed by atoms with Crippen LogP contribution in [0.4, 0.5) is 0 Å². The number of ether oxygens (including phenoxy) is 1. The summed E-state index contributed by atoms with van der Waals surface area (Å²) in [6.45, 7) is 8.82. The van der Waals surface area contributed by atoms with Crippen molar-refractivity contribution < 1.29 is 4.74 Å². The van der Waals surface area contributed by atoms with E-state index >= 15 is 0 Å². The van der Waals surface area contributed by atoms with E-state index in [9.17, 15) is 0 Å². The van der Waals surface area contributed by atoms with Crippen LogP contribution in [0.2, 0.25) is 0 Å². The summed E-state index contributed by atoms with van der Waals surface area (Å²) in [5.41, 5.74) is 2.88. The SMILES string of the molecule is CCCNC(CC1OCCc2ccccc21)C(C)CC. The van der Waals surface area contributed by atoms with Gasteiger partial charge >= 0.3 is 0 Å². The molecule has 1 heterocycles. The van der Waals surface area contributed by atoms with Gasteiger partial charge in [0.1, 0.15) is 0 Å². The van der Waals surface area contributed by atoms with E-state index in [1.54, 1.807) is 0 Å². The summed E-state index contributed by atoms with van der Waals surface area (Å²) in [6.07, 6.45) is 4.82. The summed E-state index contributed by atoms with van der Waals surface area (Å²) < 4.78 is 6.07. The third kappa shape index (κ3) is 3.83. The zero-order valence-corrected chi connectivity index (χ0v) is 13.2. The molecule has 1 aromatic rings. The Morgan fingerprint density at radius 1 is 1.30 bits per heavy atom. The maximum absolute atomic E-state index is 6.07. The molecule has 0 fully saturated rings. The van der Waals surface area contributed by atoms with Crippen molar-refractivity contribution in [2.24, 2.45) is 5.92 Å². The molecule has 1 N–H and O–H groups in total. The zero-order chi connectivity index (χ0) is 14.4. The molecule has 0 spiro atoms. The van der Waals surface area contributed by atoms with Crippen LogP contribution in [0.15, 0.2) is 24.3 Å². The number of hydrogen-bond acceptors (Lipinski definition) is 2. The van der Waals surface area contributed by atoms with E-state index in [4.69, 9.17) is 4.74 Å². The molecule has 2 heteroatoms. The van der Waals surface area contributed by atoms with E-state index in [0.29, 0.717) is 12.0 Å². The van der Waals surface area contributed by atoms with Gasteiger partial charge < -0.3 is 10.1 Å². The first-order chi connectivity index (χ1) is 9.76. The first-order valence-electron chi connectivity index (χ1n) is 8.19. The van der Waals surface area contributed by atoms with Gasteiger partial charge in [0.15, 0.2) is 0 Å². The van der Waals surface area contributed by atoms with E-state index < -0.39 is 0 Å². The van der Waals surface area contributed by atoms with Crippen LogP contribution in [0.1, 0.15) is 57.3 Å². The highest BCUT2D eigenvalue weighted by Gasteiger charge is 2.25. The van der Waals surface area contributed by atoms with Gasteiger partial charge in [-0.25, -0.2) is 0 Å². The van der Waals surface area contributed by atoms with Crippen molar-refractivity contribution in [1.82, 2.24) is 5.32 Å². The fraction of sp³-hybridized carbons (Fsp3) is 0.667. The molecule has 0 amide bonds. The largest absolute Gasteiger partial charge is 0.373 e. The van der Waals surface area contributed by atoms with Crippen LogP contribution in [0.25, 0.3) is 0 Å². The van der Waals surface area contributed by atoms with E-state index in [1.807, 2.05) is 0 Å². The molecule has 0 aliphatic carbocycles. The molecule has 1 aromatic carbocycles. The lowest BCUT2D eigenvalue weighted by Gasteiger charge is -2.32. The molecule has 3 atom stereocenters. The molecule has 20 heavy (non-hydrogen) atoms. The summed E-state index contributed by atoms with van der Waals surface area (Å²) >= 11 is 0. The standard InChI is InChI=1S/C18H29NO/c1-4-11-19-17(14(3)5-2)13-18-16-9-7-6-8-15(16)10-12-20-18/h6-9,14,17-19H,4-5,10-13H2,1-3H3. The quantitative estimate of drug-likeness (QED) is 0.808. The topological polar surface area (TPSA) is 21.3 Å². The monoisotopic (exact) mass is 275 g/mol. The molecular formula is C18H29NO. The molecule has 1 aliphatic heterocycles. The third-order valence-corrected chi connectivity index (χ3v) is 4.55. The van der Waals surface area contributed by atoms with E-state index in [-0.39, 0.29) is 6.10 Å². The van der Waals surface area contributed by atoms with Gasteiger partial charge in [-0.1, -0.05) is 51.5 Å². The molecule has 2 rings (SSSR count). The van der Waals surface area contributed by atoms with Crippen molar-refractivity contribution in [3.05, 3.63) is 35.4 Å². The van der Waals surface area contributed by atoms with Crippen LogP contribution in [-0.4, -0.2) is 19.2 Å². The molecule has 2 nitrogen and oxygen atoms in total. The van der Waals surface area contributed by atoms with Crippen LogP contribution in [0.3, 0.4) is 0 Å². The summed E-state index contributed by atoms with van der Waals surface area (Å²) in [5.74, 6) is 0.694. The average molecular weight is 275 g/mol. The molecule has 1 aliphatic rings. The lowest BCUT2D eigenvalue weighted by Crippen LogP contribution is -2.37. The number of hydrogen-bond donors (Lipinski definition) is 1. The number of benzene rings is 1. The van der Waals surface area contributed by atoms with Gasteiger partial charge in [0.05, 0.1) is 12.7 Å². The van der Waals surface area contributed by atoms with Gasteiger partial charge in [-0.05, 0) is 42.9 Å². The number of fused-ring (bicyclic) bond motifs is 1. The highest BCUT2D eigenvalue weighted by atomic mass is 16.5. The third-order valence-electron chi connectivity index (χ3n) is 4.55. The van der Waals surface area contributed by atoms with Gasteiger partial charge in [0.2, 0.25) is 0 Å². The van der Waals surface area contributed by atoms with Gasteiger partial charge in [0, 0.05) is 6.04 Å². The Balaban J connectivity index is 2.07. The summed E-state index contributed by atoms with van der Waals surface area (Å²) in [5, 5.41) is 3.72. The summed E-state index contributed by atoms with van der Waals surface area (Å²) in [7, 11) is 0. The molecule has 0 saturated carbocycles. The summed E-state index contributed by atoms with van der Waals surface area (Å²) in [6, 6.07) is 9.33. The van der Waals surface area contributed by atoms with Gasteiger partial charge in [-0.15, -0.1) is 0 Å². The second-order valence-corrected chi connectivity index (χ2v) is 5.99. The maximum atomic E-state index is 6.07. The first kappa shape index (κ1) is 15.5.